The molecule has 0 aromatic heterocycles. The summed E-state index contributed by atoms with van der Waals surface area (Å²) in [5.74, 6) is 0. The molecule has 0 heterocycles. The average molecular weight is 375 g/mol. The first-order valence-electron chi connectivity index (χ1n) is 6.86. The van der Waals surface area contributed by atoms with Gasteiger partial charge in [0.1, 0.15) is 0 Å². The fraction of sp³-hybridized carbons (Fsp3) is 0.600. The number of rotatable bonds is 3. The number of hydrogen-bond acceptors (Lipinski definition) is 1. The monoisotopic (exact) mass is 373 g/mol. The zero-order valence-electron chi connectivity index (χ0n) is 11.2. The van der Waals surface area contributed by atoms with Gasteiger partial charge in [-0.25, -0.2) is 0 Å². The zero-order valence-corrected chi connectivity index (χ0v) is 14.3. The second-order valence-corrected chi connectivity index (χ2v) is 6.78. The van der Waals surface area contributed by atoms with Gasteiger partial charge in [-0.2, -0.15) is 0 Å². The van der Waals surface area contributed by atoms with E-state index in [1.54, 1.807) is 0 Å². The first-order valence-corrected chi connectivity index (χ1v) is 8.44. The Morgan fingerprint density at radius 1 is 1.33 bits per heavy atom. The molecule has 2 rings (SSSR count). The van der Waals surface area contributed by atoms with Crippen LogP contribution in [-0.4, -0.2) is 6.54 Å². The van der Waals surface area contributed by atoms with Crippen LogP contribution in [-0.2, 0) is 6.42 Å². The predicted octanol–water partition coefficient (Wildman–Crippen LogP) is 5.29. The maximum Gasteiger partial charge on any atom is 0.0334 e. The van der Waals surface area contributed by atoms with Gasteiger partial charge in [0.2, 0.25) is 0 Å². The Morgan fingerprint density at radius 2 is 2.11 bits per heavy atom. The summed E-state index contributed by atoms with van der Waals surface area (Å²) in [7, 11) is 0. The van der Waals surface area contributed by atoms with Crippen molar-refractivity contribution in [1.82, 2.24) is 5.32 Å². The van der Waals surface area contributed by atoms with E-state index in [-0.39, 0.29) is 0 Å². The van der Waals surface area contributed by atoms with E-state index < -0.39 is 0 Å². The molecule has 18 heavy (non-hydrogen) atoms. The highest BCUT2D eigenvalue weighted by molar-refractivity contribution is 9.11. The van der Waals surface area contributed by atoms with Crippen LogP contribution in [0.2, 0.25) is 0 Å². The average Bonchev–Trinajstić information content (AvgIpc) is 2.56. The van der Waals surface area contributed by atoms with E-state index in [0.717, 1.165) is 6.54 Å². The minimum absolute atomic E-state index is 0.507. The summed E-state index contributed by atoms with van der Waals surface area (Å²) in [4.78, 5) is 0. The molecule has 1 unspecified atom stereocenters. The molecule has 1 aromatic rings. The lowest BCUT2D eigenvalue weighted by molar-refractivity contribution is 0.488. The largest absolute Gasteiger partial charge is 0.310 e. The highest BCUT2D eigenvalue weighted by Gasteiger charge is 2.23. The van der Waals surface area contributed by atoms with Crippen molar-refractivity contribution in [2.45, 2.75) is 52.0 Å². The van der Waals surface area contributed by atoms with Crippen LogP contribution in [0.15, 0.2) is 15.0 Å². The fourth-order valence-electron chi connectivity index (χ4n) is 2.75. The molecule has 100 valence electrons. The second kappa shape index (κ2) is 6.53. The normalized spacial score (nSPS) is 19.4. The lowest BCUT2D eigenvalue weighted by atomic mass is 9.96. The molecule has 0 bridgehead atoms. The summed E-state index contributed by atoms with van der Waals surface area (Å²) < 4.78 is 2.58. The third-order valence-corrected chi connectivity index (χ3v) is 5.46. The molecule has 1 atom stereocenters. The maximum atomic E-state index is 3.81. The minimum Gasteiger partial charge on any atom is -0.310 e. The first-order chi connectivity index (χ1) is 8.65. The molecule has 0 fully saturated rings. The van der Waals surface area contributed by atoms with Gasteiger partial charge in [0.05, 0.1) is 0 Å². The van der Waals surface area contributed by atoms with Gasteiger partial charge in [0.25, 0.3) is 0 Å². The number of hydrogen-bond donors (Lipinski definition) is 1. The molecule has 0 radical (unpaired) electrons. The van der Waals surface area contributed by atoms with Crippen molar-refractivity contribution in [3.05, 3.63) is 31.7 Å². The van der Waals surface area contributed by atoms with Crippen molar-refractivity contribution in [1.29, 1.82) is 0 Å². The molecular formula is C15H21Br2N. The third kappa shape index (κ3) is 3.00. The molecule has 0 amide bonds. The summed E-state index contributed by atoms with van der Waals surface area (Å²) in [6.07, 6.45) is 6.25. The van der Waals surface area contributed by atoms with Gasteiger partial charge in [-0.15, -0.1) is 0 Å². The van der Waals surface area contributed by atoms with Crippen molar-refractivity contribution in [3.63, 3.8) is 0 Å². The Bertz CT molecular complexity index is 429. The van der Waals surface area contributed by atoms with Gasteiger partial charge in [-0.1, -0.05) is 45.2 Å². The SMILES string of the molecule is CCCNC1CCCCc2c(Br)cc(C)c(Br)c21. The summed E-state index contributed by atoms with van der Waals surface area (Å²) in [6, 6.07) is 2.75. The number of halogens is 2. The predicted molar refractivity (Wildman–Crippen MR) is 85.2 cm³/mol. The lowest BCUT2D eigenvalue weighted by Gasteiger charge is -2.22. The molecule has 0 aliphatic heterocycles. The van der Waals surface area contributed by atoms with Crippen molar-refractivity contribution in [2.24, 2.45) is 0 Å². The Labute approximate surface area is 127 Å². The smallest absolute Gasteiger partial charge is 0.0334 e. The van der Waals surface area contributed by atoms with Crippen LogP contribution in [0.1, 0.15) is 55.3 Å². The van der Waals surface area contributed by atoms with Crippen LogP contribution >= 0.6 is 31.9 Å². The Kier molecular flexibility index (Phi) is 5.28. The van der Waals surface area contributed by atoms with Crippen molar-refractivity contribution in [3.8, 4) is 0 Å². The van der Waals surface area contributed by atoms with Gasteiger partial charge in [-0.05, 0) is 61.9 Å². The van der Waals surface area contributed by atoms with Gasteiger partial charge >= 0.3 is 0 Å². The summed E-state index contributed by atoms with van der Waals surface area (Å²) in [5, 5.41) is 3.71. The summed E-state index contributed by atoms with van der Waals surface area (Å²) >= 11 is 7.56. The van der Waals surface area contributed by atoms with Gasteiger partial charge < -0.3 is 5.32 Å². The van der Waals surface area contributed by atoms with Crippen LogP contribution in [0, 0.1) is 6.92 Å². The standard InChI is InChI=1S/C15H21Br2N/c1-3-8-18-13-7-5-4-6-11-12(16)9-10(2)15(17)14(11)13/h9,13,18H,3-8H2,1-2H3. The topological polar surface area (TPSA) is 12.0 Å². The lowest BCUT2D eigenvalue weighted by Crippen LogP contribution is -2.23. The van der Waals surface area contributed by atoms with E-state index in [1.165, 1.54) is 57.7 Å². The molecule has 3 heteroatoms. The number of nitrogens with one attached hydrogen (secondary N) is 1. The first kappa shape index (κ1) is 14.5. The summed E-state index contributed by atoms with van der Waals surface area (Å²) in [6.45, 7) is 5.50. The summed E-state index contributed by atoms with van der Waals surface area (Å²) in [5.41, 5.74) is 4.32. The second-order valence-electron chi connectivity index (χ2n) is 5.13. The number of benzene rings is 1. The highest BCUT2D eigenvalue weighted by atomic mass is 79.9. The molecule has 1 N–H and O–H groups in total. The number of aryl methyl sites for hydroxylation is 1. The van der Waals surface area contributed by atoms with E-state index in [4.69, 9.17) is 0 Å². The quantitative estimate of drug-likeness (QED) is 0.709. The zero-order chi connectivity index (χ0) is 13.1. The van der Waals surface area contributed by atoms with Crippen LogP contribution in [0.3, 0.4) is 0 Å². The van der Waals surface area contributed by atoms with Crippen molar-refractivity contribution < 1.29 is 0 Å². The van der Waals surface area contributed by atoms with Gasteiger partial charge in [0.15, 0.2) is 0 Å². The van der Waals surface area contributed by atoms with E-state index in [0.29, 0.717) is 6.04 Å². The van der Waals surface area contributed by atoms with Crippen molar-refractivity contribution in [2.75, 3.05) is 6.54 Å². The molecule has 1 nitrogen and oxygen atoms in total. The molecule has 1 aliphatic rings. The van der Waals surface area contributed by atoms with Gasteiger partial charge in [0, 0.05) is 15.0 Å². The fourth-order valence-corrected chi connectivity index (χ4v) is 4.13. The van der Waals surface area contributed by atoms with E-state index >= 15 is 0 Å². The molecule has 1 aliphatic carbocycles. The molecule has 0 saturated heterocycles. The van der Waals surface area contributed by atoms with E-state index in [1.807, 2.05) is 0 Å². The maximum absolute atomic E-state index is 3.81. The Hall–Kier alpha value is 0.140. The van der Waals surface area contributed by atoms with E-state index in [2.05, 4.69) is 57.1 Å². The highest BCUT2D eigenvalue weighted by Crippen LogP contribution is 2.39. The number of fused-ring (bicyclic) bond motifs is 1. The van der Waals surface area contributed by atoms with Crippen LogP contribution in [0.5, 0.6) is 0 Å². The molecule has 0 saturated carbocycles. The molecule has 0 spiro atoms. The van der Waals surface area contributed by atoms with E-state index in [9.17, 15) is 0 Å². The van der Waals surface area contributed by atoms with Crippen LogP contribution in [0.4, 0.5) is 0 Å². The van der Waals surface area contributed by atoms with Crippen LogP contribution < -0.4 is 5.32 Å². The molecule has 1 aromatic carbocycles. The van der Waals surface area contributed by atoms with Gasteiger partial charge in [-0.3, -0.25) is 0 Å². The Morgan fingerprint density at radius 3 is 2.83 bits per heavy atom. The molecular weight excluding hydrogens is 354 g/mol. The minimum atomic E-state index is 0.507. The third-order valence-electron chi connectivity index (χ3n) is 3.70. The van der Waals surface area contributed by atoms with Crippen molar-refractivity contribution >= 4 is 31.9 Å². The van der Waals surface area contributed by atoms with Crippen LogP contribution in [0.25, 0.3) is 0 Å². The Balaban J connectivity index is 2.44.